The van der Waals surface area contributed by atoms with Crippen LogP contribution in [0.25, 0.3) is 0 Å². The molecule has 3 aromatic carbocycles. The third-order valence-electron chi connectivity index (χ3n) is 9.61. The van der Waals surface area contributed by atoms with Gasteiger partial charge in [-0.15, -0.1) is 0 Å². The third-order valence-corrected chi connectivity index (χ3v) is 9.61. The lowest BCUT2D eigenvalue weighted by Gasteiger charge is -2.31. The predicted molar refractivity (Wildman–Crippen MR) is 215 cm³/mol. The summed E-state index contributed by atoms with van der Waals surface area (Å²) >= 11 is 0. The number of fused-ring (bicyclic) bond motifs is 1. The van der Waals surface area contributed by atoms with Crippen LogP contribution >= 0.6 is 0 Å². The van der Waals surface area contributed by atoms with Gasteiger partial charge in [0.1, 0.15) is 19.0 Å². The number of esters is 1. The van der Waals surface area contributed by atoms with Gasteiger partial charge >= 0.3 is 5.97 Å². The number of aromatic hydroxyl groups is 3. The summed E-state index contributed by atoms with van der Waals surface area (Å²) in [5.41, 5.74) is -3.11. The fraction of sp³-hybridized carbons (Fsp3) is 0.442. The highest BCUT2D eigenvalue weighted by Gasteiger charge is 2.51. The van der Waals surface area contributed by atoms with Gasteiger partial charge in [0.25, 0.3) is 5.91 Å². The summed E-state index contributed by atoms with van der Waals surface area (Å²) in [6.45, 7) is 4.47. The summed E-state index contributed by atoms with van der Waals surface area (Å²) in [7, 11) is 0. The molecule has 0 saturated heterocycles. The van der Waals surface area contributed by atoms with Crippen LogP contribution in [-0.4, -0.2) is 135 Å². The number of carbonyl (C=O) groups excluding carboxylic acids is 6. The lowest BCUT2D eigenvalue weighted by atomic mass is 9.79. The van der Waals surface area contributed by atoms with Crippen molar-refractivity contribution in [2.45, 2.75) is 45.1 Å². The first-order valence-corrected chi connectivity index (χ1v) is 20.0. The van der Waals surface area contributed by atoms with E-state index in [2.05, 4.69) is 10.6 Å². The average molecular weight is 872 g/mol. The highest BCUT2D eigenvalue weighted by molar-refractivity contribution is 6.01. The number of cyclic esters (lactones) is 1. The van der Waals surface area contributed by atoms with Gasteiger partial charge in [-0.1, -0.05) is 26.0 Å². The molecule has 336 valence electrons. The molecule has 0 aromatic heterocycles. The van der Waals surface area contributed by atoms with Crippen LogP contribution in [0.4, 0.5) is 8.78 Å². The molecule has 0 bridgehead atoms. The third kappa shape index (κ3) is 13.2. The molecule has 1 heterocycles. The van der Waals surface area contributed by atoms with Gasteiger partial charge in [-0.05, 0) is 30.3 Å². The lowest BCUT2D eigenvalue weighted by molar-refractivity contribution is -0.124. The number of amides is 3. The van der Waals surface area contributed by atoms with Crippen molar-refractivity contribution < 1.29 is 76.6 Å². The Bertz CT molecular complexity index is 2030. The molecule has 1 aliphatic rings. The molecule has 19 heteroatoms. The van der Waals surface area contributed by atoms with Crippen LogP contribution < -0.4 is 10.6 Å². The quantitative estimate of drug-likeness (QED) is 0.0548. The predicted octanol–water partition coefficient (Wildman–Crippen LogP) is 3.02. The van der Waals surface area contributed by atoms with E-state index in [9.17, 15) is 52.9 Å². The van der Waals surface area contributed by atoms with Crippen molar-refractivity contribution in [2.75, 3.05) is 79.0 Å². The average Bonchev–Trinajstić information content (AvgIpc) is 3.55. The van der Waals surface area contributed by atoms with Crippen LogP contribution in [-0.2, 0) is 48.5 Å². The highest BCUT2D eigenvalue weighted by atomic mass is 19.1. The number of hydrogen-bond donors (Lipinski definition) is 5. The SMILES string of the molecule is CCC(=O)COCCOCCNC(=O)CCN(CCC(=O)NCCOCCOCC(=O)CC)C(=O)c1ccc2c(c1)C(=O)OC2(c1ccc(O)c(F)c1)c1cc(F)c(O)cc1O. The van der Waals surface area contributed by atoms with Gasteiger partial charge in [-0.3, -0.25) is 24.0 Å². The van der Waals surface area contributed by atoms with Crippen LogP contribution in [0.3, 0.4) is 0 Å². The molecule has 1 atom stereocenters. The molecule has 0 radical (unpaired) electrons. The van der Waals surface area contributed by atoms with Crippen LogP contribution in [0.2, 0.25) is 0 Å². The van der Waals surface area contributed by atoms with E-state index in [1.807, 2.05) is 0 Å². The first kappa shape index (κ1) is 48.6. The van der Waals surface area contributed by atoms with E-state index >= 15 is 0 Å². The summed E-state index contributed by atoms with van der Waals surface area (Å²) < 4.78 is 56.7. The molecule has 4 rings (SSSR count). The van der Waals surface area contributed by atoms with Crippen LogP contribution in [0.1, 0.15) is 76.9 Å². The maximum Gasteiger partial charge on any atom is 0.340 e. The number of hydrogen-bond acceptors (Lipinski definition) is 14. The molecule has 0 fully saturated rings. The largest absolute Gasteiger partial charge is 0.507 e. The Hall–Kier alpha value is -6.02. The van der Waals surface area contributed by atoms with Crippen LogP contribution in [0, 0.1) is 11.6 Å². The van der Waals surface area contributed by atoms with Gasteiger partial charge in [0, 0.05) is 80.2 Å². The molecule has 1 aliphatic heterocycles. The molecule has 1 unspecified atom stereocenters. The Morgan fingerprint density at radius 3 is 1.76 bits per heavy atom. The summed E-state index contributed by atoms with van der Waals surface area (Å²) in [5.74, 6) is -7.40. The molecular formula is C43H51F2N3O14. The number of nitrogens with one attached hydrogen (secondary N) is 2. The Labute approximate surface area is 356 Å². The minimum atomic E-state index is -2.22. The number of ketones is 2. The maximum absolute atomic E-state index is 14.8. The van der Waals surface area contributed by atoms with E-state index in [-0.39, 0.29) is 126 Å². The van der Waals surface area contributed by atoms with Gasteiger partial charge in [0.2, 0.25) is 11.8 Å². The number of phenolic OH excluding ortho intramolecular Hbond substituents is 3. The molecule has 0 aliphatic carbocycles. The second kappa shape index (κ2) is 23.8. The number of ether oxygens (including phenoxy) is 5. The number of benzene rings is 3. The monoisotopic (exact) mass is 871 g/mol. The molecule has 0 saturated carbocycles. The van der Waals surface area contributed by atoms with E-state index in [1.165, 1.54) is 29.2 Å². The Kier molecular flexibility index (Phi) is 18.7. The van der Waals surface area contributed by atoms with E-state index in [0.29, 0.717) is 25.0 Å². The van der Waals surface area contributed by atoms with Gasteiger partial charge in [0.15, 0.2) is 40.3 Å². The molecular weight excluding hydrogens is 820 g/mol. The van der Waals surface area contributed by atoms with Gasteiger partial charge in [0.05, 0.1) is 45.2 Å². The topological polar surface area (TPSA) is 237 Å². The molecule has 17 nitrogen and oxygen atoms in total. The second-order valence-corrected chi connectivity index (χ2v) is 13.9. The van der Waals surface area contributed by atoms with Crippen LogP contribution in [0.15, 0.2) is 48.5 Å². The summed E-state index contributed by atoms with van der Waals surface area (Å²) in [4.78, 5) is 77.2. The lowest BCUT2D eigenvalue weighted by Crippen LogP contribution is -2.39. The molecule has 62 heavy (non-hydrogen) atoms. The fourth-order valence-electron chi connectivity index (χ4n) is 6.22. The minimum absolute atomic E-state index is 0.00917. The number of nitrogens with zero attached hydrogens (tertiary/aromatic N) is 1. The van der Waals surface area contributed by atoms with E-state index in [1.54, 1.807) is 13.8 Å². The Morgan fingerprint density at radius 2 is 1.21 bits per heavy atom. The van der Waals surface area contributed by atoms with Gasteiger partial charge in [-0.2, -0.15) is 0 Å². The zero-order valence-electron chi connectivity index (χ0n) is 34.5. The van der Waals surface area contributed by atoms with Crippen LogP contribution in [0.5, 0.6) is 17.2 Å². The zero-order chi connectivity index (χ0) is 45.2. The van der Waals surface area contributed by atoms with E-state index in [0.717, 1.165) is 12.1 Å². The van der Waals surface area contributed by atoms with Crippen molar-refractivity contribution in [3.05, 3.63) is 88.0 Å². The standard InChI is InChI=1S/C43H51F2N3O14/c1-3-29(49)25-60-19-17-58-15-11-46-39(54)9-13-48(14-10-40(55)47-12-16-59-18-20-61-26-30(50)4-2)41(56)27-5-7-32-31(21-27)42(57)62-43(32,28-6-8-36(51)34(44)22-28)33-23-35(45)38(53)24-37(33)52/h5-8,21-24,51-53H,3-4,9-20,25-26H2,1-2H3,(H,46,54)(H,47,55). The van der Waals surface area contributed by atoms with Crippen molar-refractivity contribution in [3.63, 3.8) is 0 Å². The number of halogens is 2. The molecule has 3 amide bonds. The van der Waals surface area contributed by atoms with Crippen molar-refractivity contribution in [1.82, 2.24) is 15.5 Å². The first-order valence-electron chi connectivity index (χ1n) is 20.0. The van der Waals surface area contributed by atoms with Crippen molar-refractivity contribution in [1.29, 1.82) is 0 Å². The summed E-state index contributed by atoms with van der Waals surface area (Å²) in [6.07, 6.45) is 0.352. The Morgan fingerprint density at radius 1 is 0.661 bits per heavy atom. The highest BCUT2D eigenvalue weighted by Crippen LogP contribution is 2.51. The van der Waals surface area contributed by atoms with Crippen molar-refractivity contribution >= 4 is 35.3 Å². The Balaban J connectivity index is 1.49. The zero-order valence-corrected chi connectivity index (χ0v) is 34.5. The maximum atomic E-state index is 14.8. The van der Waals surface area contributed by atoms with Crippen molar-refractivity contribution in [3.8, 4) is 17.2 Å². The molecule has 5 N–H and O–H groups in total. The summed E-state index contributed by atoms with van der Waals surface area (Å²) in [5, 5.41) is 36.1. The first-order chi connectivity index (χ1) is 29.7. The smallest absolute Gasteiger partial charge is 0.340 e. The number of rotatable bonds is 27. The second-order valence-electron chi connectivity index (χ2n) is 13.9. The van der Waals surface area contributed by atoms with Gasteiger partial charge in [-0.25, -0.2) is 13.6 Å². The van der Waals surface area contributed by atoms with Gasteiger partial charge < -0.3 is 54.5 Å². The summed E-state index contributed by atoms with van der Waals surface area (Å²) in [6, 6.07) is 8.16. The van der Waals surface area contributed by atoms with E-state index < -0.39 is 63.7 Å². The number of Topliss-reactive ketones (excluding diaryl/α,β-unsaturated/α-hetero) is 2. The molecule has 3 aromatic rings. The minimum Gasteiger partial charge on any atom is -0.507 e. The number of carbonyl (C=O) groups is 6. The molecule has 0 spiro atoms. The van der Waals surface area contributed by atoms with Crippen molar-refractivity contribution in [2.24, 2.45) is 0 Å². The normalized spacial score (nSPS) is 14.2. The number of phenols is 3. The van der Waals surface area contributed by atoms with E-state index in [4.69, 9.17) is 23.7 Å². The fourth-order valence-corrected chi connectivity index (χ4v) is 6.22.